The lowest BCUT2D eigenvalue weighted by Gasteiger charge is -1.99. The number of thiazole rings is 2. The Hall–Kier alpha value is -2.30. The molecule has 7 nitrogen and oxygen atoms in total. The first-order chi connectivity index (χ1) is 12.5. The predicted octanol–water partition coefficient (Wildman–Crippen LogP) is 2.73. The van der Waals surface area contributed by atoms with Crippen LogP contribution in [0.25, 0.3) is 10.6 Å². The highest BCUT2D eigenvalue weighted by atomic mass is 32.2. The molecule has 0 atom stereocenters. The number of primary amides is 1. The highest BCUT2D eigenvalue weighted by Crippen LogP contribution is 2.32. The van der Waals surface area contributed by atoms with Crippen molar-refractivity contribution in [2.24, 2.45) is 5.73 Å². The number of hydrogen-bond donors (Lipinski definition) is 2. The van der Waals surface area contributed by atoms with E-state index in [1.165, 1.54) is 34.4 Å². The smallest absolute Gasteiger partial charge is 0.232 e. The Morgan fingerprint density at radius 2 is 2.19 bits per heavy atom. The Labute approximate surface area is 162 Å². The van der Waals surface area contributed by atoms with Crippen LogP contribution >= 0.6 is 34.4 Å². The first-order valence-corrected chi connectivity index (χ1v) is 10.2. The van der Waals surface area contributed by atoms with Crippen LogP contribution in [0.1, 0.15) is 11.4 Å². The Morgan fingerprint density at radius 3 is 2.92 bits per heavy atom. The van der Waals surface area contributed by atoms with Crippen LogP contribution in [0.5, 0.6) is 0 Å². The number of aryl methyl sites for hydroxylation is 1. The van der Waals surface area contributed by atoms with Crippen LogP contribution in [-0.2, 0) is 16.0 Å². The third-order valence-corrected chi connectivity index (χ3v) is 6.55. The van der Waals surface area contributed by atoms with Crippen LogP contribution in [0.4, 0.5) is 5.13 Å². The largest absolute Gasteiger partial charge is 0.369 e. The maximum absolute atomic E-state index is 12.2. The van der Waals surface area contributed by atoms with Gasteiger partial charge in [-0.05, 0) is 19.1 Å². The van der Waals surface area contributed by atoms with Crippen LogP contribution < -0.4 is 11.1 Å². The van der Waals surface area contributed by atoms with Gasteiger partial charge in [-0.15, -0.1) is 23.1 Å². The van der Waals surface area contributed by atoms with Gasteiger partial charge in [0.1, 0.15) is 5.01 Å². The van der Waals surface area contributed by atoms with Gasteiger partial charge in [0.05, 0.1) is 27.8 Å². The van der Waals surface area contributed by atoms with E-state index < -0.39 is 0 Å². The molecule has 0 saturated heterocycles. The highest BCUT2D eigenvalue weighted by Gasteiger charge is 2.14. The van der Waals surface area contributed by atoms with Gasteiger partial charge in [0.15, 0.2) is 5.13 Å². The number of nitrogens with two attached hydrogens (primary N) is 1. The fraction of sp³-hybridized carbons (Fsp3) is 0.188. The highest BCUT2D eigenvalue weighted by molar-refractivity contribution is 8.01. The van der Waals surface area contributed by atoms with Gasteiger partial charge in [-0.3, -0.25) is 14.6 Å². The third kappa shape index (κ3) is 4.87. The Bertz CT molecular complexity index is 923. The maximum atomic E-state index is 12.2. The Morgan fingerprint density at radius 1 is 1.35 bits per heavy atom. The van der Waals surface area contributed by atoms with E-state index in [9.17, 15) is 9.59 Å². The summed E-state index contributed by atoms with van der Waals surface area (Å²) in [5, 5.41) is 5.98. The summed E-state index contributed by atoms with van der Waals surface area (Å²) >= 11 is 4.13. The number of pyridine rings is 1. The van der Waals surface area contributed by atoms with Gasteiger partial charge in [-0.1, -0.05) is 11.3 Å². The van der Waals surface area contributed by atoms with Crippen LogP contribution in [-0.4, -0.2) is 32.5 Å². The summed E-state index contributed by atoms with van der Waals surface area (Å²) in [6, 6.07) is 3.78. The van der Waals surface area contributed by atoms with Crippen molar-refractivity contribution in [2.45, 2.75) is 17.6 Å². The molecular weight excluding hydrogens is 390 g/mol. The van der Waals surface area contributed by atoms with Gasteiger partial charge in [0.2, 0.25) is 11.8 Å². The number of nitrogens with zero attached hydrogens (tertiary/aromatic N) is 3. The van der Waals surface area contributed by atoms with Gasteiger partial charge in [0.25, 0.3) is 0 Å². The van der Waals surface area contributed by atoms with Crippen molar-refractivity contribution in [3.63, 3.8) is 0 Å². The van der Waals surface area contributed by atoms with E-state index in [2.05, 4.69) is 20.3 Å². The molecule has 0 aliphatic rings. The molecule has 2 amide bonds. The monoisotopic (exact) mass is 405 g/mol. The lowest BCUT2D eigenvalue weighted by atomic mass is 10.3. The molecule has 134 valence electrons. The molecule has 10 heteroatoms. The fourth-order valence-electron chi connectivity index (χ4n) is 2.04. The first kappa shape index (κ1) is 18.5. The fourth-order valence-corrected chi connectivity index (χ4v) is 4.75. The van der Waals surface area contributed by atoms with Gasteiger partial charge < -0.3 is 11.1 Å². The van der Waals surface area contributed by atoms with Crippen molar-refractivity contribution in [3.05, 3.63) is 41.3 Å². The molecule has 0 fully saturated rings. The third-order valence-electron chi connectivity index (χ3n) is 3.15. The molecule has 0 aliphatic carbocycles. The van der Waals surface area contributed by atoms with Crippen molar-refractivity contribution >= 4 is 51.4 Å². The zero-order chi connectivity index (χ0) is 18.5. The number of hydrogen-bond acceptors (Lipinski definition) is 8. The zero-order valence-electron chi connectivity index (χ0n) is 13.8. The van der Waals surface area contributed by atoms with E-state index in [1.807, 2.05) is 24.4 Å². The average Bonchev–Trinajstić information content (AvgIpc) is 3.20. The Balaban J connectivity index is 1.60. The van der Waals surface area contributed by atoms with Gasteiger partial charge in [-0.2, -0.15) is 0 Å². The molecule has 3 aromatic heterocycles. The van der Waals surface area contributed by atoms with Gasteiger partial charge in [0, 0.05) is 23.3 Å². The summed E-state index contributed by atoms with van der Waals surface area (Å²) < 4.78 is 0.867. The molecule has 0 unspecified atom stereocenters. The summed E-state index contributed by atoms with van der Waals surface area (Å²) in [6.45, 7) is 1.83. The molecule has 0 bridgehead atoms. The normalized spacial score (nSPS) is 10.7. The summed E-state index contributed by atoms with van der Waals surface area (Å²) in [4.78, 5) is 36.0. The maximum Gasteiger partial charge on any atom is 0.232 e. The van der Waals surface area contributed by atoms with Crippen LogP contribution in [0, 0.1) is 6.92 Å². The summed E-state index contributed by atoms with van der Waals surface area (Å²) in [5.74, 6) is -0.388. The van der Waals surface area contributed by atoms with Crippen molar-refractivity contribution in [1.82, 2.24) is 15.0 Å². The molecular formula is C16H15N5O2S3. The van der Waals surface area contributed by atoms with Crippen molar-refractivity contribution < 1.29 is 9.59 Å². The standard InChI is InChI=1S/C16H15N5O2S3/c1-9-15(25-8-12(17)22)26-16(19-9)21-13(23)5-11-7-24-14(20-11)10-3-2-4-18-6-10/h2-4,6-7H,5,8H2,1H3,(H2,17,22)(H,19,21,23). The second-order valence-electron chi connectivity index (χ2n) is 5.26. The number of rotatable bonds is 7. The lowest BCUT2D eigenvalue weighted by Crippen LogP contribution is -2.14. The number of carbonyl (C=O) groups excluding carboxylic acids is 2. The van der Waals surface area contributed by atoms with E-state index >= 15 is 0 Å². The van der Waals surface area contributed by atoms with E-state index in [0.717, 1.165) is 20.5 Å². The number of anilines is 1. The lowest BCUT2D eigenvalue weighted by molar-refractivity contribution is -0.116. The minimum atomic E-state index is -0.388. The molecule has 3 heterocycles. The van der Waals surface area contributed by atoms with Crippen LogP contribution in [0.3, 0.4) is 0 Å². The second kappa shape index (κ2) is 8.39. The topological polar surface area (TPSA) is 111 Å². The summed E-state index contributed by atoms with van der Waals surface area (Å²) in [5.41, 5.74) is 7.54. The van der Waals surface area contributed by atoms with Crippen LogP contribution in [0.2, 0.25) is 0 Å². The van der Waals surface area contributed by atoms with Gasteiger partial charge in [-0.25, -0.2) is 9.97 Å². The van der Waals surface area contributed by atoms with E-state index in [-0.39, 0.29) is 24.0 Å². The molecule has 26 heavy (non-hydrogen) atoms. The number of aromatic nitrogens is 3. The summed E-state index contributed by atoms with van der Waals surface area (Å²) in [6.07, 6.45) is 3.61. The van der Waals surface area contributed by atoms with E-state index in [4.69, 9.17) is 5.73 Å². The van der Waals surface area contributed by atoms with Gasteiger partial charge >= 0.3 is 0 Å². The molecule has 3 rings (SSSR count). The van der Waals surface area contributed by atoms with Crippen molar-refractivity contribution in [3.8, 4) is 10.6 Å². The number of carbonyl (C=O) groups is 2. The molecule has 3 aromatic rings. The van der Waals surface area contributed by atoms with E-state index in [0.29, 0.717) is 10.8 Å². The first-order valence-electron chi connectivity index (χ1n) is 7.54. The predicted molar refractivity (Wildman–Crippen MR) is 104 cm³/mol. The minimum Gasteiger partial charge on any atom is -0.369 e. The molecule has 0 spiro atoms. The number of amides is 2. The van der Waals surface area contributed by atoms with Crippen molar-refractivity contribution in [1.29, 1.82) is 0 Å². The molecule has 0 radical (unpaired) electrons. The van der Waals surface area contributed by atoms with Crippen molar-refractivity contribution in [2.75, 3.05) is 11.1 Å². The molecule has 0 saturated carbocycles. The number of nitrogens with one attached hydrogen (secondary N) is 1. The second-order valence-corrected chi connectivity index (χ2v) is 8.36. The zero-order valence-corrected chi connectivity index (χ0v) is 16.2. The molecule has 0 aromatic carbocycles. The van der Waals surface area contributed by atoms with Crippen LogP contribution in [0.15, 0.2) is 34.1 Å². The summed E-state index contributed by atoms with van der Waals surface area (Å²) in [7, 11) is 0. The number of thioether (sulfide) groups is 1. The quantitative estimate of drug-likeness (QED) is 0.585. The van der Waals surface area contributed by atoms with E-state index in [1.54, 1.807) is 12.4 Å². The molecule has 0 aliphatic heterocycles. The Kier molecular flexibility index (Phi) is 5.96. The average molecular weight is 406 g/mol. The molecule has 3 N–H and O–H groups in total. The SMILES string of the molecule is Cc1nc(NC(=O)Cc2csc(-c3cccnc3)n2)sc1SCC(N)=O. The minimum absolute atomic E-state index is 0.166.